The number of aliphatic hydroxyl groups excluding tert-OH is 15. The Labute approximate surface area is 351 Å². The summed E-state index contributed by atoms with van der Waals surface area (Å²) in [6, 6.07) is -3.12. The third kappa shape index (κ3) is 11.0. The number of hydrogen-bond acceptors (Lipinski definition) is 26. The lowest BCUT2D eigenvalue weighted by Gasteiger charge is -2.49. The largest absolute Gasteiger partial charge is 0.394 e. The molecular formula is C34H58N2O26. The normalized spacial score (nSPS) is 49.0. The van der Waals surface area contributed by atoms with Crippen LogP contribution in [0.5, 0.6) is 0 Å². The molecule has 0 unspecified atom stereocenters. The van der Waals surface area contributed by atoms with Crippen LogP contribution in [-0.2, 0) is 52.2 Å². The fraction of sp³-hybridized carbons (Fsp3) is 0.941. The fourth-order valence-corrected chi connectivity index (χ4v) is 7.73. The Hall–Kier alpha value is -2.02. The number of carbonyl (C=O) groups excluding carboxylic acids is 2. The van der Waals surface area contributed by atoms with Gasteiger partial charge in [-0.15, -0.1) is 0 Å². The molecule has 360 valence electrons. The molecule has 0 saturated carbocycles. The van der Waals surface area contributed by atoms with Crippen LogP contribution >= 0.6 is 0 Å². The first-order valence-electron chi connectivity index (χ1n) is 19.6. The molecule has 17 N–H and O–H groups in total. The Kier molecular flexibility index (Phi) is 18.1. The Morgan fingerprint density at radius 3 is 1.35 bits per heavy atom. The van der Waals surface area contributed by atoms with Crippen molar-refractivity contribution in [1.82, 2.24) is 10.6 Å². The predicted octanol–water partition coefficient (Wildman–Crippen LogP) is -11.6. The summed E-state index contributed by atoms with van der Waals surface area (Å²) >= 11 is 0. The average Bonchev–Trinajstić information content (AvgIpc) is 3.23. The summed E-state index contributed by atoms with van der Waals surface area (Å²) in [7, 11) is 0. The third-order valence-corrected chi connectivity index (χ3v) is 11.1. The van der Waals surface area contributed by atoms with Crippen LogP contribution in [-0.4, -0.2) is 275 Å². The van der Waals surface area contributed by atoms with Crippen molar-refractivity contribution in [2.24, 2.45) is 0 Å². The summed E-state index contributed by atoms with van der Waals surface area (Å²) in [5, 5.41) is 162. The van der Waals surface area contributed by atoms with Crippen molar-refractivity contribution in [1.29, 1.82) is 0 Å². The molecule has 5 saturated heterocycles. The molecule has 62 heavy (non-hydrogen) atoms. The molecule has 28 heteroatoms. The van der Waals surface area contributed by atoms with E-state index in [2.05, 4.69) is 10.6 Å². The van der Waals surface area contributed by atoms with E-state index in [-0.39, 0.29) is 0 Å². The first-order valence-corrected chi connectivity index (χ1v) is 19.6. The van der Waals surface area contributed by atoms with Crippen molar-refractivity contribution in [3.05, 3.63) is 0 Å². The maximum absolute atomic E-state index is 12.3. The maximum Gasteiger partial charge on any atom is 0.217 e. The van der Waals surface area contributed by atoms with Crippen LogP contribution in [0.2, 0.25) is 0 Å². The smallest absolute Gasteiger partial charge is 0.217 e. The zero-order chi connectivity index (χ0) is 45.9. The van der Waals surface area contributed by atoms with Gasteiger partial charge in [-0.3, -0.25) is 9.59 Å². The third-order valence-electron chi connectivity index (χ3n) is 11.1. The van der Waals surface area contributed by atoms with Gasteiger partial charge in [0.15, 0.2) is 31.5 Å². The van der Waals surface area contributed by atoms with Crippen LogP contribution in [0.25, 0.3) is 0 Å². The number of carbonyl (C=O) groups is 2. The van der Waals surface area contributed by atoms with E-state index in [4.69, 9.17) is 42.6 Å². The SMILES string of the molecule is CC(=O)N[C@@H]1[C@@H](O)[C@H](O[C@@H]2O[C@H](CO)[C@@H](O[C@@H]3O[C@H](CO[C@H]4O[C@H](CO)[C@@H](O)[C@H](O[C@@H]5O[C@H](CO)[C@@H](O)[C@H](O)[C@@H]5O)[C@@H]4O)[C@@H](O)[C@H](O)[C@@H]3O)[C@H](O)[C@H]2NC(C)=O)[C@@H](CO)O[C@H]1O. The summed E-state index contributed by atoms with van der Waals surface area (Å²) in [5.74, 6) is -1.45. The topological polar surface area (TPSA) is 445 Å². The number of aliphatic hydroxyl groups is 15. The van der Waals surface area contributed by atoms with Crippen molar-refractivity contribution < 1.29 is 129 Å². The minimum atomic E-state index is -2.08. The molecule has 0 spiro atoms. The highest BCUT2D eigenvalue weighted by Crippen LogP contribution is 2.34. The van der Waals surface area contributed by atoms with Crippen molar-refractivity contribution >= 4 is 11.8 Å². The van der Waals surface area contributed by atoms with Gasteiger partial charge < -0.3 is 130 Å². The molecule has 5 heterocycles. The second-order valence-corrected chi connectivity index (χ2v) is 15.5. The molecule has 0 aromatic heterocycles. The number of rotatable bonds is 15. The second kappa shape index (κ2) is 22.0. The lowest BCUT2D eigenvalue weighted by molar-refractivity contribution is -0.373. The van der Waals surface area contributed by atoms with E-state index < -0.39 is 198 Å². The number of amides is 2. The summed E-state index contributed by atoms with van der Waals surface area (Å²) < 4.78 is 50.4. The van der Waals surface area contributed by atoms with Crippen molar-refractivity contribution in [2.45, 2.75) is 167 Å². The van der Waals surface area contributed by atoms with Crippen LogP contribution in [0.3, 0.4) is 0 Å². The van der Waals surface area contributed by atoms with Crippen LogP contribution in [0.1, 0.15) is 13.8 Å². The second-order valence-electron chi connectivity index (χ2n) is 15.5. The number of nitrogens with one attached hydrogen (secondary N) is 2. The lowest BCUT2D eigenvalue weighted by atomic mass is 9.94. The molecule has 5 aliphatic rings. The average molecular weight is 911 g/mol. The van der Waals surface area contributed by atoms with Crippen LogP contribution in [0.15, 0.2) is 0 Å². The van der Waals surface area contributed by atoms with Gasteiger partial charge in [-0.05, 0) is 0 Å². The Morgan fingerprint density at radius 1 is 0.419 bits per heavy atom. The molecular weight excluding hydrogens is 852 g/mol. The molecule has 0 aromatic rings. The van der Waals surface area contributed by atoms with Crippen molar-refractivity contribution in [2.75, 3.05) is 33.0 Å². The van der Waals surface area contributed by atoms with Gasteiger partial charge in [0.05, 0.1) is 33.0 Å². The highest BCUT2D eigenvalue weighted by atomic mass is 16.8. The van der Waals surface area contributed by atoms with E-state index >= 15 is 0 Å². The minimum absolute atomic E-state index is 0.680. The minimum Gasteiger partial charge on any atom is -0.394 e. The van der Waals surface area contributed by atoms with Gasteiger partial charge in [-0.1, -0.05) is 0 Å². The highest BCUT2D eigenvalue weighted by Gasteiger charge is 2.55. The molecule has 28 nitrogen and oxygen atoms in total. The summed E-state index contributed by atoms with van der Waals surface area (Å²) in [5.41, 5.74) is 0. The standard InChI is InChI=1S/C34H58N2O26/c1-8(41)35-15-20(46)27(12(5-39)55-30(15)53)60-31-16(36-9(2)42)21(47)28(13(6-40)58-31)61-34-25(51)23(49)18(44)14(59-34)7-54-32-26(52)29(19(45)11(4-38)56-32)62-33-24(50)22(48)17(43)10(3-37)57-33/h10-34,37-40,43-53H,3-7H2,1-2H3,(H,35,41)(H,36,42)/t10-,11-,12-,13-,14-,15-,16-,17-,18-,19-,20-,21-,22+,23+,24+,25+,26+,27-,28-,29+,30-,31+,32+,33+,34+/m1/s1. The zero-order valence-corrected chi connectivity index (χ0v) is 33.2. The van der Waals surface area contributed by atoms with E-state index in [0.29, 0.717) is 0 Å². The maximum atomic E-state index is 12.3. The molecule has 25 atom stereocenters. The van der Waals surface area contributed by atoms with Crippen molar-refractivity contribution in [3.63, 3.8) is 0 Å². The molecule has 0 aliphatic carbocycles. The van der Waals surface area contributed by atoms with E-state index in [0.717, 1.165) is 13.8 Å². The monoisotopic (exact) mass is 910 g/mol. The van der Waals surface area contributed by atoms with Gasteiger partial charge >= 0.3 is 0 Å². The quantitative estimate of drug-likeness (QED) is 0.0725. The summed E-state index contributed by atoms with van der Waals surface area (Å²) in [4.78, 5) is 24.1. The van der Waals surface area contributed by atoms with E-state index in [1.54, 1.807) is 0 Å². The molecule has 0 radical (unpaired) electrons. The fourth-order valence-electron chi connectivity index (χ4n) is 7.73. The summed E-state index contributed by atoms with van der Waals surface area (Å²) in [6.07, 6.45) is -41.5. The van der Waals surface area contributed by atoms with Gasteiger partial charge in [-0.25, -0.2) is 0 Å². The van der Waals surface area contributed by atoms with Gasteiger partial charge in [-0.2, -0.15) is 0 Å². The molecule has 0 bridgehead atoms. The van der Waals surface area contributed by atoms with Gasteiger partial charge in [0.1, 0.15) is 122 Å². The number of hydrogen-bond donors (Lipinski definition) is 17. The van der Waals surface area contributed by atoms with Crippen LogP contribution < -0.4 is 10.6 Å². The van der Waals surface area contributed by atoms with Crippen molar-refractivity contribution in [3.8, 4) is 0 Å². The molecule has 5 rings (SSSR count). The highest BCUT2D eigenvalue weighted by molar-refractivity contribution is 5.73. The molecule has 5 aliphatic heterocycles. The van der Waals surface area contributed by atoms with E-state index in [9.17, 15) is 86.2 Å². The van der Waals surface area contributed by atoms with Gasteiger partial charge in [0.2, 0.25) is 11.8 Å². The van der Waals surface area contributed by atoms with Crippen LogP contribution in [0.4, 0.5) is 0 Å². The number of ether oxygens (including phenoxy) is 9. The lowest BCUT2D eigenvalue weighted by Crippen LogP contribution is -2.70. The predicted molar refractivity (Wildman–Crippen MR) is 190 cm³/mol. The zero-order valence-electron chi connectivity index (χ0n) is 33.2. The van der Waals surface area contributed by atoms with Gasteiger partial charge in [0, 0.05) is 13.8 Å². The molecule has 2 amide bonds. The van der Waals surface area contributed by atoms with E-state index in [1.807, 2.05) is 0 Å². The molecule has 5 fully saturated rings. The van der Waals surface area contributed by atoms with Crippen LogP contribution in [0, 0.1) is 0 Å². The first kappa shape index (κ1) is 51.0. The Balaban J connectivity index is 1.29. The Bertz CT molecular complexity index is 1440. The summed E-state index contributed by atoms with van der Waals surface area (Å²) in [6.45, 7) is -2.22. The van der Waals surface area contributed by atoms with E-state index in [1.165, 1.54) is 0 Å². The first-order chi connectivity index (χ1) is 29.3. The molecule has 0 aromatic carbocycles. The van der Waals surface area contributed by atoms with Gasteiger partial charge in [0.25, 0.3) is 0 Å². The Morgan fingerprint density at radius 2 is 0.823 bits per heavy atom.